The number of hydrogen-bond acceptors (Lipinski definition) is 7. The fourth-order valence-electron chi connectivity index (χ4n) is 2.26. The van der Waals surface area contributed by atoms with Crippen molar-refractivity contribution in [3.05, 3.63) is 52.4 Å². The summed E-state index contributed by atoms with van der Waals surface area (Å²) in [5.41, 5.74) is 0.857. The molecule has 1 N–H and O–H groups in total. The zero-order valence-electron chi connectivity index (χ0n) is 14.3. The molecule has 1 amide bonds. The molecule has 10 heteroatoms. The van der Waals surface area contributed by atoms with Gasteiger partial charge in [0.15, 0.2) is 13.2 Å². The van der Waals surface area contributed by atoms with Gasteiger partial charge in [-0.2, -0.15) is 4.80 Å². The van der Waals surface area contributed by atoms with E-state index in [9.17, 15) is 9.59 Å². The molecule has 3 aromatic rings. The highest BCUT2D eigenvalue weighted by molar-refractivity contribution is 7.13. The third kappa shape index (κ3) is 5.35. The molecule has 1 aromatic carbocycles. The van der Waals surface area contributed by atoms with E-state index < -0.39 is 18.5 Å². The molecular formula is C17H16ClN5O3S. The summed E-state index contributed by atoms with van der Waals surface area (Å²) in [4.78, 5) is 25.8. The molecule has 2 aromatic heterocycles. The molecule has 0 saturated heterocycles. The fourth-order valence-corrected chi connectivity index (χ4v) is 3.11. The molecule has 2 heterocycles. The van der Waals surface area contributed by atoms with E-state index in [1.807, 2.05) is 30.5 Å². The van der Waals surface area contributed by atoms with E-state index in [0.29, 0.717) is 10.8 Å². The maximum absolute atomic E-state index is 12.0. The predicted molar refractivity (Wildman–Crippen MR) is 100 cm³/mol. The summed E-state index contributed by atoms with van der Waals surface area (Å²) in [7, 11) is 0. The van der Waals surface area contributed by atoms with Crippen LogP contribution in [0.25, 0.3) is 10.7 Å². The molecular weight excluding hydrogens is 390 g/mol. The number of halogens is 1. The molecule has 0 radical (unpaired) electrons. The number of nitrogens with zero attached hydrogens (tertiary/aromatic N) is 4. The summed E-state index contributed by atoms with van der Waals surface area (Å²) in [6, 6.07) is 10.6. The lowest BCUT2D eigenvalue weighted by atomic mass is 10.1. The topological polar surface area (TPSA) is 99.0 Å². The maximum atomic E-state index is 12.0. The van der Waals surface area contributed by atoms with E-state index in [1.165, 1.54) is 11.3 Å². The zero-order valence-corrected chi connectivity index (χ0v) is 15.9. The lowest BCUT2D eigenvalue weighted by molar-refractivity contribution is -0.149. The molecule has 0 spiro atoms. The van der Waals surface area contributed by atoms with Gasteiger partial charge in [-0.15, -0.1) is 21.5 Å². The number of thiophene rings is 1. The van der Waals surface area contributed by atoms with Crippen molar-refractivity contribution in [1.82, 2.24) is 25.5 Å². The summed E-state index contributed by atoms with van der Waals surface area (Å²) in [5, 5.41) is 17.0. The van der Waals surface area contributed by atoms with Gasteiger partial charge >= 0.3 is 5.97 Å². The van der Waals surface area contributed by atoms with Crippen molar-refractivity contribution in [3.8, 4) is 10.7 Å². The van der Waals surface area contributed by atoms with E-state index in [1.54, 1.807) is 18.2 Å². The molecule has 0 bridgehead atoms. The highest BCUT2D eigenvalue weighted by Crippen LogP contribution is 2.19. The molecule has 1 atom stereocenters. The van der Waals surface area contributed by atoms with Gasteiger partial charge in [-0.3, -0.25) is 4.79 Å². The highest BCUT2D eigenvalue weighted by Gasteiger charge is 2.14. The number of tetrazole rings is 1. The van der Waals surface area contributed by atoms with Gasteiger partial charge in [0.05, 0.1) is 10.9 Å². The maximum Gasteiger partial charge on any atom is 0.330 e. The number of carbonyl (C=O) groups is 2. The van der Waals surface area contributed by atoms with Crippen molar-refractivity contribution < 1.29 is 14.3 Å². The normalized spacial score (nSPS) is 11.8. The average molecular weight is 406 g/mol. The Morgan fingerprint density at radius 3 is 2.93 bits per heavy atom. The lowest BCUT2D eigenvalue weighted by Gasteiger charge is -2.14. The molecule has 0 aliphatic heterocycles. The Bertz CT molecular complexity index is 928. The fraction of sp³-hybridized carbons (Fsp3) is 0.235. The van der Waals surface area contributed by atoms with Gasteiger partial charge < -0.3 is 10.1 Å². The molecule has 0 saturated carbocycles. The number of esters is 1. The number of nitrogens with one attached hydrogen (secondary N) is 1. The molecule has 3 rings (SSSR count). The quantitative estimate of drug-likeness (QED) is 0.606. The zero-order chi connectivity index (χ0) is 19.2. The summed E-state index contributed by atoms with van der Waals surface area (Å²) in [6.07, 6.45) is 0. The van der Waals surface area contributed by atoms with E-state index in [4.69, 9.17) is 16.3 Å². The number of ether oxygens (including phenoxy) is 1. The number of benzene rings is 1. The number of amides is 1. The summed E-state index contributed by atoms with van der Waals surface area (Å²) in [5.74, 6) is -0.608. The Morgan fingerprint density at radius 2 is 2.19 bits per heavy atom. The van der Waals surface area contributed by atoms with Crippen LogP contribution in [0.3, 0.4) is 0 Å². The third-order valence-corrected chi connectivity index (χ3v) is 4.66. The first kappa shape index (κ1) is 19.0. The van der Waals surface area contributed by atoms with E-state index >= 15 is 0 Å². The smallest absolute Gasteiger partial charge is 0.330 e. The Hall–Kier alpha value is -2.78. The van der Waals surface area contributed by atoms with E-state index in [0.717, 1.165) is 15.2 Å². The highest BCUT2D eigenvalue weighted by atomic mass is 35.5. The lowest BCUT2D eigenvalue weighted by Crippen LogP contribution is -2.31. The number of aromatic nitrogens is 4. The number of carbonyl (C=O) groups excluding carboxylic acids is 2. The average Bonchev–Trinajstić information content (AvgIpc) is 3.31. The van der Waals surface area contributed by atoms with Crippen molar-refractivity contribution in [1.29, 1.82) is 0 Å². The van der Waals surface area contributed by atoms with Crippen LogP contribution in [0.15, 0.2) is 41.8 Å². The Balaban J connectivity index is 1.45. The first-order valence-electron chi connectivity index (χ1n) is 8.03. The number of hydrogen-bond donors (Lipinski definition) is 1. The standard InChI is InChI=1S/C17H16ClN5O3S/c1-11(12-4-2-5-13(18)8-12)19-15(24)10-26-16(25)9-23-21-17(20-22-23)14-6-3-7-27-14/h2-8,11H,9-10H2,1H3,(H,19,24)/t11-/m1/s1. The van der Waals surface area contributed by atoms with Crippen LogP contribution in [0.1, 0.15) is 18.5 Å². The molecule has 0 unspecified atom stereocenters. The van der Waals surface area contributed by atoms with Gasteiger partial charge in [-0.25, -0.2) is 4.79 Å². The van der Waals surface area contributed by atoms with Gasteiger partial charge in [0.25, 0.3) is 5.91 Å². The van der Waals surface area contributed by atoms with Crippen LogP contribution in [-0.2, 0) is 20.9 Å². The SMILES string of the molecule is C[C@@H](NC(=O)COC(=O)Cn1nnc(-c2cccs2)n1)c1cccc(Cl)c1. The second kappa shape index (κ2) is 8.74. The molecule has 8 nitrogen and oxygen atoms in total. The largest absolute Gasteiger partial charge is 0.454 e. The second-order valence-electron chi connectivity index (χ2n) is 5.63. The Labute approximate surface area is 164 Å². The van der Waals surface area contributed by atoms with Gasteiger partial charge in [0.2, 0.25) is 5.82 Å². The minimum Gasteiger partial charge on any atom is -0.454 e. The summed E-state index contributed by atoms with van der Waals surface area (Å²) in [6.45, 7) is 1.20. The predicted octanol–water partition coefficient (Wildman–Crippen LogP) is 2.48. The van der Waals surface area contributed by atoms with Crippen LogP contribution in [0.5, 0.6) is 0 Å². The van der Waals surface area contributed by atoms with E-state index in [-0.39, 0.29) is 12.6 Å². The van der Waals surface area contributed by atoms with Crippen LogP contribution in [0.4, 0.5) is 0 Å². The van der Waals surface area contributed by atoms with Gasteiger partial charge in [-0.1, -0.05) is 29.8 Å². The first-order chi connectivity index (χ1) is 13.0. The minimum atomic E-state index is -0.629. The van der Waals surface area contributed by atoms with Crippen LogP contribution in [-0.4, -0.2) is 38.7 Å². The second-order valence-corrected chi connectivity index (χ2v) is 7.01. The van der Waals surface area contributed by atoms with Crippen molar-refractivity contribution in [2.45, 2.75) is 19.5 Å². The van der Waals surface area contributed by atoms with Crippen LogP contribution >= 0.6 is 22.9 Å². The van der Waals surface area contributed by atoms with Crippen molar-refractivity contribution in [2.75, 3.05) is 6.61 Å². The molecule has 0 aliphatic carbocycles. The van der Waals surface area contributed by atoms with Crippen LogP contribution in [0.2, 0.25) is 5.02 Å². The Kier molecular flexibility index (Phi) is 6.15. The summed E-state index contributed by atoms with van der Waals surface area (Å²) >= 11 is 7.41. The van der Waals surface area contributed by atoms with Crippen LogP contribution < -0.4 is 5.32 Å². The van der Waals surface area contributed by atoms with Crippen molar-refractivity contribution in [2.24, 2.45) is 0 Å². The minimum absolute atomic E-state index is 0.227. The van der Waals surface area contributed by atoms with Gasteiger partial charge in [0.1, 0.15) is 0 Å². The van der Waals surface area contributed by atoms with Crippen LogP contribution in [0, 0.1) is 0 Å². The molecule has 140 valence electrons. The van der Waals surface area contributed by atoms with Gasteiger partial charge in [-0.05, 0) is 41.3 Å². The first-order valence-corrected chi connectivity index (χ1v) is 9.29. The molecule has 27 heavy (non-hydrogen) atoms. The van der Waals surface area contributed by atoms with Gasteiger partial charge in [0, 0.05) is 5.02 Å². The Morgan fingerprint density at radius 1 is 1.33 bits per heavy atom. The third-order valence-electron chi connectivity index (χ3n) is 3.56. The monoisotopic (exact) mass is 405 g/mol. The molecule has 0 aliphatic rings. The molecule has 0 fully saturated rings. The van der Waals surface area contributed by atoms with Crippen molar-refractivity contribution in [3.63, 3.8) is 0 Å². The van der Waals surface area contributed by atoms with E-state index in [2.05, 4.69) is 20.7 Å². The number of rotatable bonds is 7. The summed E-state index contributed by atoms with van der Waals surface area (Å²) < 4.78 is 4.97. The van der Waals surface area contributed by atoms with Crippen molar-refractivity contribution >= 4 is 34.8 Å².